The molecule has 0 radical (unpaired) electrons. The first-order chi connectivity index (χ1) is 12.9. The lowest BCUT2D eigenvalue weighted by Gasteiger charge is -2.12. The number of methoxy groups -OCH3 is 2. The van der Waals surface area contributed by atoms with Gasteiger partial charge in [-0.25, -0.2) is 17.5 Å². The van der Waals surface area contributed by atoms with Gasteiger partial charge in [-0.05, 0) is 12.1 Å². The van der Waals surface area contributed by atoms with Gasteiger partial charge in [0.1, 0.15) is 10.7 Å². The first-order valence-electron chi connectivity index (χ1n) is 7.59. The van der Waals surface area contributed by atoms with Gasteiger partial charge in [0.2, 0.25) is 0 Å². The fraction of sp³-hybridized carbons (Fsp3) is 0.118. The largest absolute Gasteiger partial charge is 0.493 e. The molecule has 0 aliphatic rings. The van der Waals surface area contributed by atoms with E-state index in [0.29, 0.717) is 10.7 Å². The summed E-state index contributed by atoms with van der Waals surface area (Å²) in [6.07, 6.45) is 2.72. The standard InChI is InChI=1S/C17H15ClFN3O4S/c1-25-15-7-13(19)17(8-16(15)26-2)27(23,24)21-11-9-20-22(10-11)14-6-4-3-5-12(14)18/h3-10,21H,1-2H3. The molecule has 0 fully saturated rings. The predicted molar refractivity (Wildman–Crippen MR) is 98.9 cm³/mol. The van der Waals surface area contributed by atoms with Crippen LogP contribution >= 0.6 is 11.6 Å². The SMILES string of the molecule is COc1cc(F)c(S(=O)(=O)Nc2cnn(-c3ccccc3Cl)c2)cc1OC. The Bertz CT molecular complexity index is 1090. The van der Waals surface area contributed by atoms with E-state index in [1.54, 1.807) is 24.3 Å². The Morgan fingerprint density at radius 1 is 1.15 bits per heavy atom. The summed E-state index contributed by atoms with van der Waals surface area (Å²) in [5.41, 5.74) is 0.714. The average molecular weight is 412 g/mol. The van der Waals surface area contributed by atoms with Crippen molar-refractivity contribution >= 4 is 27.3 Å². The molecule has 7 nitrogen and oxygen atoms in total. The highest BCUT2D eigenvalue weighted by molar-refractivity contribution is 7.92. The van der Waals surface area contributed by atoms with Crippen molar-refractivity contribution in [2.24, 2.45) is 0 Å². The van der Waals surface area contributed by atoms with Crippen molar-refractivity contribution in [2.45, 2.75) is 4.90 Å². The van der Waals surface area contributed by atoms with E-state index in [-0.39, 0.29) is 17.2 Å². The van der Waals surface area contributed by atoms with E-state index in [1.165, 1.54) is 31.3 Å². The van der Waals surface area contributed by atoms with Crippen LogP contribution in [0.15, 0.2) is 53.7 Å². The first-order valence-corrected chi connectivity index (χ1v) is 9.45. The van der Waals surface area contributed by atoms with E-state index in [0.717, 1.165) is 12.1 Å². The van der Waals surface area contributed by atoms with Crippen LogP contribution in [-0.4, -0.2) is 32.4 Å². The van der Waals surface area contributed by atoms with Crippen LogP contribution in [0.4, 0.5) is 10.1 Å². The van der Waals surface area contributed by atoms with Crippen LogP contribution in [0, 0.1) is 5.82 Å². The van der Waals surface area contributed by atoms with Crippen molar-refractivity contribution in [3.05, 3.63) is 59.6 Å². The second-order valence-electron chi connectivity index (χ2n) is 5.37. The smallest absolute Gasteiger partial charge is 0.265 e. The third-order valence-electron chi connectivity index (χ3n) is 3.66. The van der Waals surface area contributed by atoms with Gasteiger partial charge in [0.05, 0.1) is 43.0 Å². The molecule has 0 bridgehead atoms. The minimum atomic E-state index is -4.23. The molecule has 0 aliphatic heterocycles. The quantitative estimate of drug-likeness (QED) is 0.671. The van der Waals surface area contributed by atoms with Gasteiger partial charge >= 0.3 is 0 Å². The molecule has 10 heteroatoms. The molecule has 3 aromatic rings. The zero-order chi connectivity index (χ0) is 19.6. The first kappa shape index (κ1) is 19.0. The number of para-hydroxylation sites is 1. The van der Waals surface area contributed by atoms with Crippen molar-refractivity contribution in [2.75, 3.05) is 18.9 Å². The van der Waals surface area contributed by atoms with E-state index >= 15 is 0 Å². The van der Waals surface area contributed by atoms with Crippen LogP contribution in [0.25, 0.3) is 5.69 Å². The summed E-state index contributed by atoms with van der Waals surface area (Å²) < 4.78 is 53.2. The Morgan fingerprint density at radius 3 is 2.48 bits per heavy atom. The molecule has 0 amide bonds. The monoisotopic (exact) mass is 411 g/mol. The van der Waals surface area contributed by atoms with E-state index < -0.39 is 20.7 Å². The lowest BCUT2D eigenvalue weighted by atomic mass is 10.3. The number of rotatable bonds is 6. The average Bonchev–Trinajstić information content (AvgIpc) is 3.09. The maximum Gasteiger partial charge on any atom is 0.265 e. The molecule has 0 saturated heterocycles. The summed E-state index contributed by atoms with van der Waals surface area (Å²) in [6, 6.07) is 8.93. The Morgan fingerprint density at radius 2 is 1.81 bits per heavy atom. The summed E-state index contributed by atoms with van der Waals surface area (Å²) in [4.78, 5) is -0.578. The Hall–Kier alpha value is -2.78. The molecule has 142 valence electrons. The highest BCUT2D eigenvalue weighted by Crippen LogP contribution is 2.32. The number of hydrogen-bond acceptors (Lipinski definition) is 5. The molecule has 3 rings (SSSR count). The minimum Gasteiger partial charge on any atom is -0.493 e. The van der Waals surface area contributed by atoms with Crippen LogP contribution in [0.5, 0.6) is 11.5 Å². The summed E-state index contributed by atoms with van der Waals surface area (Å²) in [7, 11) is -1.57. The fourth-order valence-corrected chi connectivity index (χ4v) is 3.72. The lowest BCUT2D eigenvalue weighted by molar-refractivity contribution is 0.350. The minimum absolute atomic E-state index is 0.0838. The molecule has 0 spiro atoms. The number of ether oxygens (including phenoxy) is 2. The van der Waals surface area contributed by atoms with Crippen molar-refractivity contribution in [3.63, 3.8) is 0 Å². The van der Waals surface area contributed by atoms with Gasteiger partial charge < -0.3 is 9.47 Å². The number of anilines is 1. The van der Waals surface area contributed by atoms with Gasteiger partial charge in [-0.3, -0.25) is 4.72 Å². The number of halogens is 2. The molecule has 1 N–H and O–H groups in total. The predicted octanol–water partition coefficient (Wildman–Crippen LogP) is 3.48. The molecule has 0 saturated carbocycles. The van der Waals surface area contributed by atoms with Crippen LogP contribution in [0.2, 0.25) is 5.02 Å². The van der Waals surface area contributed by atoms with Crippen molar-refractivity contribution < 1.29 is 22.3 Å². The van der Waals surface area contributed by atoms with Gasteiger partial charge in [-0.2, -0.15) is 5.10 Å². The summed E-state index contributed by atoms with van der Waals surface area (Å²) >= 11 is 6.10. The molecule has 1 heterocycles. The molecular formula is C17H15ClFN3O4S. The molecular weight excluding hydrogens is 397 g/mol. The fourth-order valence-electron chi connectivity index (χ4n) is 2.40. The Kier molecular flexibility index (Phi) is 5.24. The zero-order valence-electron chi connectivity index (χ0n) is 14.3. The molecule has 0 unspecified atom stereocenters. The van der Waals surface area contributed by atoms with Gasteiger partial charge in [0.15, 0.2) is 11.5 Å². The number of hydrogen-bond donors (Lipinski definition) is 1. The molecule has 2 aromatic carbocycles. The molecule has 27 heavy (non-hydrogen) atoms. The topological polar surface area (TPSA) is 82.5 Å². The second kappa shape index (κ2) is 7.45. The second-order valence-corrected chi connectivity index (χ2v) is 7.43. The molecule has 0 atom stereocenters. The van der Waals surface area contributed by atoms with Gasteiger partial charge in [0.25, 0.3) is 10.0 Å². The van der Waals surface area contributed by atoms with E-state index in [4.69, 9.17) is 21.1 Å². The van der Waals surface area contributed by atoms with Crippen LogP contribution in [0.1, 0.15) is 0 Å². The van der Waals surface area contributed by atoms with E-state index in [9.17, 15) is 12.8 Å². The van der Waals surface area contributed by atoms with Crippen LogP contribution < -0.4 is 14.2 Å². The summed E-state index contributed by atoms with van der Waals surface area (Å²) in [5.74, 6) is -0.801. The van der Waals surface area contributed by atoms with Gasteiger partial charge in [-0.15, -0.1) is 0 Å². The maximum absolute atomic E-state index is 14.3. The van der Waals surface area contributed by atoms with Crippen molar-refractivity contribution in [1.29, 1.82) is 0 Å². The Balaban J connectivity index is 1.93. The highest BCUT2D eigenvalue weighted by atomic mass is 35.5. The third kappa shape index (κ3) is 3.83. The van der Waals surface area contributed by atoms with Crippen molar-refractivity contribution in [1.82, 2.24) is 9.78 Å². The Labute approximate surface area is 160 Å². The molecule has 0 aliphatic carbocycles. The normalized spacial score (nSPS) is 11.3. The van der Waals surface area contributed by atoms with E-state index in [1.807, 2.05) is 0 Å². The van der Waals surface area contributed by atoms with Crippen LogP contribution in [0.3, 0.4) is 0 Å². The number of nitrogens with zero attached hydrogens (tertiary/aromatic N) is 2. The van der Waals surface area contributed by atoms with Crippen molar-refractivity contribution in [3.8, 4) is 17.2 Å². The number of aromatic nitrogens is 2. The van der Waals surface area contributed by atoms with E-state index in [2.05, 4.69) is 9.82 Å². The third-order valence-corrected chi connectivity index (χ3v) is 5.38. The zero-order valence-corrected chi connectivity index (χ0v) is 15.9. The molecule has 1 aromatic heterocycles. The van der Waals surface area contributed by atoms with Crippen LogP contribution in [-0.2, 0) is 10.0 Å². The number of nitrogens with one attached hydrogen (secondary N) is 1. The van der Waals surface area contributed by atoms with Gasteiger partial charge in [0, 0.05) is 12.1 Å². The lowest BCUT2D eigenvalue weighted by Crippen LogP contribution is -2.14. The summed E-state index contributed by atoms with van der Waals surface area (Å²) in [6.45, 7) is 0. The summed E-state index contributed by atoms with van der Waals surface area (Å²) in [5, 5.41) is 4.52. The van der Waals surface area contributed by atoms with Gasteiger partial charge in [-0.1, -0.05) is 23.7 Å². The highest BCUT2D eigenvalue weighted by Gasteiger charge is 2.23. The maximum atomic E-state index is 14.3. The number of benzene rings is 2. The number of sulfonamides is 1.